The summed E-state index contributed by atoms with van der Waals surface area (Å²) in [6.45, 7) is 4.49. The van der Waals surface area contributed by atoms with Gasteiger partial charge in [-0.15, -0.1) is 0 Å². The number of thioether (sulfide) groups is 1. The summed E-state index contributed by atoms with van der Waals surface area (Å²) >= 11 is 5.62. The van der Waals surface area contributed by atoms with Gasteiger partial charge in [0.1, 0.15) is 11.6 Å². The lowest BCUT2D eigenvalue weighted by molar-refractivity contribution is 0.684. The Morgan fingerprint density at radius 1 is 1.35 bits per heavy atom. The summed E-state index contributed by atoms with van der Waals surface area (Å²) in [5, 5.41) is 3.86. The molecule has 1 unspecified atom stereocenters. The molecule has 3 nitrogen and oxygen atoms in total. The minimum atomic E-state index is 0.604. The highest BCUT2D eigenvalue weighted by Crippen LogP contribution is 2.39. The lowest BCUT2D eigenvalue weighted by Crippen LogP contribution is -2.08. The smallest absolute Gasteiger partial charge is 0.144 e. The first-order chi connectivity index (χ1) is 9.65. The van der Waals surface area contributed by atoms with Gasteiger partial charge in [-0.25, -0.2) is 9.97 Å². The second-order valence-electron chi connectivity index (χ2n) is 5.45. The molecule has 0 amide bonds. The molecule has 0 radical (unpaired) electrons. The fraction of sp³-hybridized carbons (Fsp3) is 0.733. The molecule has 1 aliphatic rings. The van der Waals surface area contributed by atoms with Crippen molar-refractivity contribution in [2.24, 2.45) is 0 Å². The Balaban J connectivity index is 2.21. The highest BCUT2D eigenvalue weighted by Gasteiger charge is 2.23. The lowest BCUT2D eigenvalue weighted by atomic mass is 10.0. The zero-order valence-corrected chi connectivity index (χ0v) is 15.0. The Labute approximate surface area is 134 Å². The molecule has 1 N–H and O–H groups in total. The Kier molecular flexibility index (Phi) is 6.15. The normalized spacial score (nSPS) is 17.4. The van der Waals surface area contributed by atoms with Gasteiger partial charge in [-0.3, -0.25) is 0 Å². The van der Waals surface area contributed by atoms with Gasteiger partial charge in [0.25, 0.3) is 0 Å². The van der Waals surface area contributed by atoms with Gasteiger partial charge in [-0.2, -0.15) is 11.8 Å². The number of hydrogen-bond acceptors (Lipinski definition) is 4. The van der Waals surface area contributed by atoms with E-state index in [-0.39, 0.29) is 0 Å². The summed E-state index contributed by atoms with van der Waals surface area (Å²) in [6, 6.07) is 0. The Hall–Kier alpha value is -0.290. The molecular formula is C15H24BrN3S. The second kappa shape index (κ2) is 7.64. The summed E-state index contributed by atoms with van der Waals surface area (Å²) in [6.07, 6.45) is 6.36. The zero-order chi connectivity index (χ0) is 14.5. The van der Waals surface area contributed by atoms with Gasteiger partial charge in [-0.1, -0.05) is 26.7 Å². The molecule has 5 heteroatoms. The molecule has 0 bridgehead atoms. The second-order valence-corrected chi connectivity index (χ2v) is 7.67. The maximum atomic E-state index is 4.85. The topological polar surface area (TPSA) is 37.8 Å². The van der Waals surface area contributed by atoms with Gasteiger partial charge in [0.2, 0.25) is 0 Å². The van der Waals surface area contributed by atoms with Crippen molar-refractivity contribution in [2.75, 3.05) is 12.4 Å². The largest absolute Gasteiger partial charge is 0.372 e. The first-order valence-corrected chi connectivity index (χ1v) is 9.35. The molecule has 2 rings (SSSR count). The molecular weight excluding hydrogens is 334 g/mol. The van der Waals surface area contributed by atoms with Crippen LogP contribution in [0.5, 0.6) is 0 Å². The minimum Gasteiger partial charge on any atom is -0.372 e. The van der Waals surface area contributed by atoms with Gasteiger partial charge >= 0.3 is 0 Å². The molecule has 0 aliphatic heterocycles. The first kappa shape index (κ1) is 16.1. The van der Waals surface area contributed by atoms with E-state index in [2.05, 4.69) is 40.1 Å². The van der Waals surface area contributed by atoms with Crippen molar-refractivity contribution >= 4 is 33.5 Å². The Morgan fingerprint density at radius 3 is 2.65 bits per heavy atom. The van der Waals surface area contributed by atoms with Crippen LogP contribution in [0.2, 0.25) is 0 Å². The van der Waals surface area contributed by atoms with Crippen LogP contribution in [0.4, 0.5) is 5.82 Å². The number of nitrogens with one attached hydrogen (secondary N) is 1. The van der Waals surface area contributed by atoms with Gasteiger partial charge in [0.15, 0.2) is 0 Å². The van der Waals surface area contributed by atoms with E-state index in [1.165, 1.54) is 37.8 Å². The van der Waals surface area contributed by atoms with Crippen molar-refractivity contribution in [3.8, 4) is 0 Å². The summed E-state index contributed by atoms with van der Waals surface area (Å²) in [5.41, 5.74) is 1.21. The number of aromatic nitrogens is 2. The van der Waals surface area contributed by atoms with Crippen LogP contribution < -0.4 is 5.32 Å². The Morgan fingerprint density at radius 2 is 2.05 bits per heavy atom. The molecule has 0 saturated heterocycles. The number of halogens is 1. The van der Waals surface area contributed by atoms with Gasteiger partial charge in [0.05, 0.1) is 15.9 Å². The van der Waals surface area contributed by atoms with Gasteiger partial charge in [-0.05, 0) is 35.2 Å². The summed E-state index contributed by atoms with van der Waals surface area (Å²) in [5.74, 6) is 3.40. The van der Waals surface area contributed by atoms with E-state index in [0.29, 0.717) is 11.2 Å². The predicted molar refractivity (Wildman–Crippen MR) is 91.5 cm³/mol. The van der Waals surface area contributed by atoms with Crippen LogP contribution in [0.25, 0.3) is 0 Å². The first-order valence-electron chi connectivity index (χ1n) is 7.51. The number of nitrogens with zero attached hydrogens (tertiary/aromatic N) is 2. The zero-order valence-electron chi connectivity index (χ0n) is 12.6. The lowest BCUT2D eigenvalue weighted by Gasteiger charge is -2.16. The van der Waals surface area contributed by atoms with Crippen molar-refractivity contribution < 1.29 is 0 Å². The average Bonchev–Trinajstić information content (AvgIpc) is 2.99. The van der Waals surface area contributed by atoms with E-state index in [9.17, 15) is 0 Å². The fourth-order valence-electron chi connectivity index (χ4n) is 2.55. The summed E-state index contributed by atoms with van der Waals surface area (Å²) in [4.78, 5) is 9.49. The maximum absolute atomic E-state index is 4.85. The van der Waals surface area contributed by atoms with Crippen LogP contribution >= 0.6 is 27.7 Å². The molecule has 1 aromatic rings. The number of rotatable bonds is 6. The maximum Gasteiger partial charge on any atom is 0.144 e. The van der Waals surface area contributed by atoms with E-state index < -0.39 is 0 Å². The predicted octanol–water partition coefficient (Wildman–Crippen LogP) is 4.97. The highest BCUT2D eigenvalue weighted by atomic mass is 79.9. The van der Waals surface area contributed by atoms with Crippen LogP contribution in [0.1, 0.15) is 63.4 Å². The average molecular weight is 358 g/mol. The molecule has 1 saturated carbocycles. The molecule has 1 heterocycles. The van der Waals surface area contributed by atoms with Crippen molar-refractivity contribution in [1.82, 2.24) is 9.97 Å². The number of hydrogen-bond donors (Lipinski definition) is 1. The molecule has 20 heavy (non-hydrogen) atoms. The third-order valence-corrected chi connectivity index (χ3v) is 6.08. The van der Waals surface area contributed by atoms with Crippen molar-refractivity contribution in [2.45, 2.75) is 62.9 Å². The van der Waals surface area contributed by atoms with Crippen LogP contribution in [-0.4, -0.2) is 22.3 Å². The van der Waals surface area contributed by atoms with E-state index in [0.717, 1.165) is 21.9 Å². The van der Waals surface area contributed by atoms with Crippen LogP contribution in [0, 0.1) is 0 Å². The van der Waals surface area contributed by atoms with Crippen molar-refractivity contribution in [3.63, 3.8) is 0 Å². The third kappa shape index (κ3) is 3.88. The van der Waals surface area contributed by atoms with E-state index >= 15 is 0 Å². The number of anilines is 1. The Bertz CT molecular complexity index is 447. The molecule has 0 spiro atoms. The van der Waals surface area contributed by atoms with E-state index in [4.69, 9.17) is 4.98 Å². The van der Waals surface area contributed by atoms with Crippen LogP contribution in [0.3, 0.4) is 0 Å². The summed E-state index contributed by atoms with van der Waals surface area (Å²) in [7, 11) is 1.93. The quantitative estimate of drug-likeness (QED) is 0.779. The molecule has 1 aliphatic carbocycles. The minimum absolute atomic E-state index is 0.604. The molecule has 112 valence electrons. The third-order valence-electron chi connectivity index (χ3n) is 3.97. The van der Waals surface area contributed by atoms with E-state index in [1.807, 2.05) is 18.8 Å². The fourth-order valence-corrected chi connectivity index (χ4v) is 4.04. The monoisotopic (exact) mass is 357 g/mol. The summed E-state index contributed by atoms with van der Waals surface area (Å²) < 4.78 is 1.06. The SMILES string of the molecule is CCC(C)SCc1nc(NC)c(Br)c(C2CCCC2)n1. The van der Waals surface area contributed by atoms with Crippen molar-refractivity contribution in [1.29, 1.82) is 0 Å². The standard InChI is InChI=1S/C15H24BrN3S/c1-4-10(2)20-9-12-18-14(11-7-5-6-8-11)13(16)15(17-3)19-12/h10-11H,4-9H2,1-3H3,(H,17,18,19). The van der Waals surface area contributed by atoms with E-state index in [1.54, 1.807) is 0 Å². The molecule has 1 fully saturated rings. The van der Waals surface area contributed by atoms with Gasteiger partial charge < -0.3 is 5.32 Å². The molecule has 1 atom stereocenters. The van der Waals surface area contributed by atoms with Gasteiger partial charge in [0, 0.05) is 18.2 Å². The van der Waals surface area contributed by atoms with Crippen LogP contribution in [0.15, 0.2) is 4.47 Å². The molecule has 0 aromatic carbocycles. The van der Waals surface area contributed by atoms with Crippen molar-refractivity contribution in [3.05, 3.63) is 16.0 Å². The molecule has 1 aromatic heterocycles. The highest BCUT2D eigenvalue weighted by molar-refractivity contribution is 9.10. The van der Waals surface area contributed by atoms with Crippen LogP contribution in [-0.2, 0) is 5.75 Å².